The third kappa shape index (κ3) is 3.64. The van der Waals surface area contributed by atoms with E-state index < -0.39 is 26.8 Å². The normalized spacial score (nSPS) is 13.5. The van der Waals surface area contributed by atoms with Gasteiger partial charge in [0.05, 0.1) is 10.8 Å². The fourth-order valence-corrected chi connectivity index (χ4v) is 4.29. The number of hydrogen-bond donors (Lipinski definition) is 0. The quantitative estimate of drug-likeness (QED) is 0.637. The number of halogens is 3. The number of sulfone groups is 1. The number of rotatable bonds is 5. The van der Waals surface area contributed by atoms with Crippen molar-refractivity contribution in [3.8, 4) is 11.4 Å². The van der Waals surface area contributed by atoms with Crippen LogP contribution in [0.3, 0.4) is 0 Å². The van der Waals surface area contributed by atoms with Gasteiger partial charge in [0, 0.05) is 24.5 Å². The molecule has 10 heteroatoms. The molecule has 0 aliphatic carbocycles. The van der Waals surface area contributed by atoms with E-state index in [1.54, 1.807) is 31.5 Å². The van der Waals surface area contributed by atoms with E-state index in [-0.39, 0.29) is 10.7 Å². The van der Waals surface area contributed by atoms with Crippen molar-refractivity contribution in [1.29, 1.82) is 0 Å². The number of alkyl halides is 3. The SMILES string of the molecule is CCn1c(-c2ccncc2)nnc1S(=O)(=O)[C@H](C)c1ccc(C(F)(F)F)cc1. The van der Waals surface area contributed by atoms with Gasteiger partial charge < -0.3 is 0 Å². The minimum absolute atomic E-state index is 0.228. The van der Waals surface area contributed by atoms with E-state index in [1.165, 1.54) is 23.6 Å². The van der Waals surface area contributed by atoms with Gasteiger partial charge in [-0.3, -0.25) is 9.55 Å². The lowest BCUT2D eigenvalue weighted by Gasteiger charge is -2.15. The van der Waals surface area contributed by atoms with E-state index >= 15 is 0 Å². The van der Waals surface area contributed by atoms with Crippen molar-refractivity contribution in [3.63, 3.8) is 0 Å². The van der Waals surface area contributed by atoms with Gasteiger partial charge in [-0.1, -0.05) is 12.1 Å². The summed E-state index contributed by atoms with van der Waals surface area (Å²) in [5, 5.41) is 6.55. The van der Waals surface area contributed by atoms with Crippen LogP contribution in [0, 0.1) is 0 Å². The fraction of sp³-hybridized carbons (Fsp3) is 0.278. The van der Waals surface area contributed by atoms with Crippen LogP contribution < -0.4 is 0 Å². The van der Waals surface area contributed by atoms with E-state index in [4.69, 9.17) is 0 Å². The molecule has 0 radical (unpaired) electrons. The lowest BCUT2D eigenvalue weighted by atomic mass is 10.1. The van der Waals surface area contributed by atoms with Crippen molar-refractivity contribution in [2.45, 2.75) is 37.0 Å². The number of hydrogen-bond acceptors (Lipinski definition) is 5. The minimum Gasteiger partial charge on any atom is -0.298 e. The molecule has 0 aliphatic heterocycles. The molecule has 3 rings (SSSR count). The highest BCUT2D eigenvalue weighted by Crippen LogP contribution is 2.33. The summed E-state index contributed by atoms with van der Waals surface area (Å²) >= 11 is 0. The summed E-state index contributed by atoms with van der Waals surface area (Å²) in [7, 11) is -3.98. The summed E-state index contributed by atoms with van der Waals surface area (Å²) < 4.78 is 65.8. The topological polar surface area (TPSA) is 77.7 Å². The molecule has 0 bridgehead atoms. The number of nitrogens with zero attached hydrogens (tertiary/aromatic N) is 4. The van der Waals surface area contributed by atoms with Gasteiger partial charge in [-0.2, -0.15) is 13.2 Å². The largest absolute Gasteiger partial charge is 0.416 e. The van der Waals surface area contributed by atoms with Gasteiger partial charge in [-0.15, -0.1) is 10.2 Å². The molecule has 0 unspecified atom stereocenters. The summed E-state index contributed by atoms with van der Waals surface area (Å²) in [5.74, 6) is 0.378. The lowest BCUT2D eigenvalue weighted by molar-refractivity contribution is -0.137. The van der Waals surface area contributed by atoms with E-state index in [1.807, 2.05) is 0 Å². The number of benzene rings is 1. The van der Waals surface area contributed by atoms with Crippen molar-refractivity contribution in [1.82, 2.24) is 19.7 Å². The van der Waals surface area contributed by atoms with Crippen molar-refractivity contribution >= 4 is 9.84 Å². The molecular weight excluding hydrogens is 393 g/mol. The summed E-state index contributed by atoms with van der Waals surface area (Å²) in [4.78, 5) is 3.92. The molecule has 1 atom stereocenters. The Morgan fingerprint density at radius 1 is 1.04 bits per heavy atom. The smallest absolute Gasteiger partial charge is 0.298 e. The summed E-state index contributed by atoms with van der Waals surface area (Å²) in [5.41, 5.74) is 0.0645. The molecule has 28 heavy (non-hydrogen) atoms. The Morgan fingerprint density at radius 3 is 2.18 bits per heavy atom. The van der Waals surface area contributed by atoms with E-state index in [0.29, 0.717) is 17.9 Å². The molecule has 0 saturated carbocycles. The molecule has 1 aromatic carbocycles. The third-order valence-corrected chi connectivity index (χ3v) is 6.41. The van der Waals surface area contributed by atoms with Crippen molar-refractivity contribution < 1.29 is 21.6 Å². The molecule has 0 fully saturated rings. The third-order valence-electron chi connectivity index (χ3n) is 4.40. The van der Waals surface area contributed by atoms with Crippen molar-refractivity contribution in [3.05, 3.63) is 59.9 Å². The molecule has 0 N–H and O–H groups in total. The first-order valence-corrected chi connectivity index (χ1v) is 9.95. The van der Waals surface area contributed by atoms with E-state index in [0.717, 1.165) is 12.1 Å². The standard InChI is InChI=1S/C18H17F3N4O2S/c1-3-25-16(14-8-10-22-11-9-14)23-24-17(25)28(26,27)12(2)13-4-6-15(7-5-13)18(19,20)21/h4-12H,3H2,1-2H3/t12-/m1/s1. The van der Waals surface area contributed by atoms with Gasteiger partial charge >= 0.3 is 6.18 Å². The molecule has 0 spiro atoms. The zero-order chi connectivity index (χ0) is 20.5. The van der Waals surface area contributed by atoms with Crippen LogP contribution in [0.25, 0.3) is 11.4 Å². The summed E-state index contributed by atoms with van der Waals surface area (Å²) in [6, 6.07) is 7.45. The van der Waals surface area contributed by atoms with Gasteiger partial charge in [0.1, 0.15) is 0 Å². The van der Waals surface area contributed by atoms with Crippen LogP contribution in [-0.4, -0.2) is 28.2 Å². The maximum atomic E-state index is 13.1. The molecule has 0 saturated heterocycles. The van der Waals surface area contributed by atoms with Gasteiger partial charge in [-0.05, 0) is 43.7 Å². The highest BCUT2D eigenvalue weighted by Gasteiger charge is 2.33. The molecule has 6 nitrogen and oxygen atoms in total. The lowest BCUT2D eigenvalue weighted by Crippen LogP contribution is -2.17. The molecule has 3 aromatic rings. The predicted octanol–water partition coefficient (Wildman–Crippen LogP) is 3.91. The highest BCUT2D eigenvalue weighted by atomic mass is 32.2. The van der Waals surface area contributed by atoms with Crippen LogP contribution in [0.1, 0.15) is 30.2 Å². The minimum atomic E-state index is -4.48. The van der Waals surface area contributed by atoms with Crippen LogP contribution in [0.5, 0.6) is 0 Å². The Kier molecular flexibility index (Phi) is 5.24. The number of aromatic nitrogens is 4. The molecular formula is C18H17F3N4O2S. The first kappa shape index (κ1) is 20.0. The second-order valence-electron chi connectivity index (χ2n) is 6.09. The Balaban J connectivity index is 2.00. The van der Waals surface area contributed by atoms with Crippen LogP contribution in [0.4, 0.5) is 13.2 Å². The second kappa shape index (κ2) is 7.34. The Hall–Kier alpha value is -2.75. The Labute approximate surface area is 160 Å². The maximum Gasteiger partial charge on any atom is 0.416 e. The van der Waals surface area contributed by atoms with Gasteiger partial charge in [0.25, 0.3) is 5.16 Å². The molecule has 148 valence electrons. The van der Waals surface area contributed by atoms with Crippen LogP contribution in [0.2, 0.25) is 0 Å². The Morgan fingerprint density at radius 2 is 1.64 bits per heavy atom. The molecule has 0 aliphatic rings. The van der Waals surface area contributed by atoms with Crippen LogP contribution >= 0.6 is 0 Å². The summed E-state index contributed by atoms with van der Waals surface area (Å²) in [6.07, 6.45) is -1.37. The van der Waals surface area contributed by atoms with Crippen molar-refractivity contribution in [2.75, 3.05) is 0 Å². The molecule has 2 aromatic heterocycles. The highest BCUT2D eigenvalue weighted by molar-refractivity contribution is 7.91. The fourth-order valence-electron chi connectivity index (χ4n) is 2.78. The number of pyridine rings is 1. The maximum absolute atomic E-state index is 13.1. The Bertz CT molecular complexity index is 1060. The van der Waals surface area contributed by atoms with E-state index in [2.05, 4.69) is 15.2 Å². The summed E-state index contributed by atoms with van der Waals surface area (Å²) in [6.45, 7) is 3.48. The molecule has 2 heterocycles. The first-order chi connectivity index (χ1) is 13.2. The van der Waals surface area contributed by atoms with Crippen LogP contribution in [0.15, 0.2) is 53.9 Å². The average Bonchev–Trinajstić information content (AvgIpc) is 3.12. The van der Waals surface area contributed by atoms with Crippen molar-refractivity contribution in [2.24, 2.45) is 0 Å². The van der Waals surface area contributed by atoms with E-state index in [9.17, 15) is 21.6 Å². The zero-order valence-electron chi connectivity index (χ0n) is 15.1. The van der Waals surface area contributed by atoms with Gasteiger partial charge in [0.15, 0.2) is 5.82 Å². The van der Waals surface area contributed by atoms with Gasteiger partial charge in [0.2, 0.25) is 9.84 Å². The monoisotopic (exact) mass is 410 g/mol. The van der Waals surface area contributed by atoms with Crippen LogP contribution in [-0.2, 0) is 22.6 Å². The van der Waals surface area contributed by atoms with Gasteiger partial charge in [-0.25, -0.2) is 8.42 Å². The predicted molar refractivity (Wildman–Crippen MR) is 96.0 cm³/mol. The zero-order valence-corrected chi connectivity index (χ0v) is 15.9. The average molecular weight is 410 g/mol. The molecule has 0 amide bonds. The first-order valence-electron chi connectivity index (χ1n) is 8.41. The second-order valence-corrected chi connectivity index (χ2v) is 8.26.